The van der Waals surface area contributed by atoms with Gasteiger partial charge in [0, 0.05) is 42.3 Å². The van der Waals surface area contributed by atoms with Crippen LogP contribution in [0, 0.1) is 0 Å². The number of rotatable bonds is 8. The van der Waals surface area contributed by atoms with Gasteiger partial charge in [-0.25, -0.2) is 9.78 Å². The molecule has 0 fully saturated rings. The van der Waals surface area contributed by atoms with Gasteiger partial charge in [0.15, 0.2) is 0 Å². The van der Waals surface area contributed by atoms with Crippen molar-refractivity contribution in [1.82, 2.24) is 20.2 Å². The third-order valence-electron chi connectivity index (χ3n) is 4.18. The Hall–Kier alpha value is -2.83. The van der Waals surface area contributed by atoms with Crippen molar-refractivity contribution >= 4 is 17.6 Å². The standard InChI is InChI=1S/C19H27N5O2/c1-4-19(2,3)23-17(25)15-6-8-16(9-7-15)22-18(26)21-10-5-12-24-13-11-20-14-24/h6-9,11,13-14H,4-5,10,12H2,1-3H3,(H,23,25)(H2,21,22,26). The quantitative estimate of drug-likeness (QED) is 0.635. The predicted octanol–water partition coefficient (Wildman–Crippen LogP) is 3.01. The number of carbonyl (C=O) groups excluding carboxylic acids is 2. The van der Waals surface area contributed by atoms with Crippen molar-refractivity contribution in [1.29, 1.82) is 0 Å². The van der Waals surface area contributed by atoms with E-state index < -0.39 is 0 Å². The number of urea groups is 1. The highest BCUT2D eigenvalue weighted by atomic mass is 16.2. The van der Waals surface area contributed by atoms with E-state index in [0.29, 0.717) is 17.8 Å². The molecule has 0 atom stereocenters. The van der Waals surface area contributed by atoms with Crippen LogP contribution in [0.1, 0.15) is 44.0 Å². The Bertz CT molecular complexity index is 708. The van der Waals surface area contributed by atoms with Crippen LogP contribution in [0.4, 0.5) is 10.5 Å². The zero-order chi connectivity index (χ0) is 19.0. The minimum atomic E-state index is -0.264. The molecule has 0 aliphatic heterocycles. The van der Waals surface area contributed by atoms with Gasteiger partial charge in [-0.2, -0.15) is 0 Å². The lowest BCUT2D eigenvalue weighted by Crippen LogP contribution is -2.42. The van der Waals surface area contributed by atoms with Crippen molar-refractivity contribution in [2.75, 3.05) is 11.9 Å². The van der Waals surface area contributed by atoms with Crippen LogP contribution in [-0.4, -0.2) is 33.6 Å². The van der Waals surface area contributed by atoms with Crippen LogP contribution in [0.3, 0.4) is 0 Å². The molecule has 3 amide bonds. The topological polar surface area (TPSA) is 88.0 Å². The Morgan fingerprint density at radius 1 is 1.19 bits per heavy atom. The maximum absolute atomic E-state index is 12.2. The van der Waals surface area contributed by atoms with E-state index in [-0.39, 0.29) is 17.5 Å². The Morgan fingerprint density at radius 2 is 1.92 bits per heavy atom. The highest BCUT2D eigenvalue weighted by molar-refractivity contribution is 5.95. The fraction of sp³-hybridized carbons (Fsp3) is 0.421. The van der Waals surface area contributed by atoms with E-state index in [1.54, 1.807) is 36.8 Å². The highest BCUT2D eigenvalue weighted by Gasteiger charge is 2.18. The van der Waals surface area contributed by atoms with E-state index in [2.05, 4.69) is 20.9 Å². The Kier molecular flexibility index (Phi) is 6.77. The summed E-state index contributed by atoms with van der Waals surface area (Å²) in [5, 5.41) is 8.55. The monoisotopic (exact) mass is 357 g/mol. The molecule has 2 rings (SSSR count). The van der Waals surface area contributed by atoms with Gasteiger partial charge in [-0.3, -0.25) is 4.79 Å². The lowest BCUT2D eigenvalue weighted by atomic mass is 10.0. The second-order valence-corrected chi connectivity index (χ2v) is 6.80. The first-order valence-electron chi connectivity index (χ1n) is 8.83. The first-order valence-corrected chi connectivity index (χ1v) is 8.83. The summed E-state index contributed by atoms with van der Waals surface area (Å²) < 4.78 is 1.96. The normalized spacial score (nSPS) is 11.0. The van der Waals surface area contributed by atoms with Crippen molar-refractivity contribution in [3.8, 4) is 0 Å². The number of aryl methyl sites for hydroxylation is 1. The number of carbonyl (C=O) groups is 2. The number of nitrogens with zero attached hydrogens (tertiary/aromatic N) is 2. The number of amides is 3. The third kappa shape index (κ3) is 6.23. The van der Waals surface area contributed by atoms with Crippen LogP contribution < -0.4 is 16.0 Å². The van der Waals surface area contributed by atoms with Crippen molar-refractivity contribution in [2.24, 2.45) is 0 Å². The number of aromatic nitrogens is 2. The van der Waals surface area contributed by atoms with Crippen molar-refractivity contribution < 1.29 is 9.59 Å². The molecule has 0 saturated carbocycles. The molecule has 26 heavy (non-hydrogen) atoms. The molecule has 0 unspecified atom stereocenters. The molecule has 1 heterocycles. The zero-order valence-corrected chi connectivity index (χ0v) is 15.6. The van der Waals surface area contributed by atoms with Gasteiger partial charge in [0.25, 0.3) is 5.91 Å². The summed E-state index contributed by atoms with van der Waals surface area (Å²) >= 11 is 0. The first kappa shape index (κ1) is 19.5. The Labute approximate surface area is 154 Å². The number of anilines is 1. The zero-order valence-electron chi connectivity index (χ0n) is 15.6. The van der Waals surface area contributed by atoms with Crippen LogP contribution in [0.5, 0.6) is 0 Å². The highest BCUT2D eigenvalue weighted by Crippen LogP contribution is 2.12. The molecule has 140 valence electrons. The molecule has 0 aliphatic carbocycles. The van der Waals surface area contributed by atoms with E-state index in [9.17, 15) is 9.59 Å². The van der Waals surface area contributed by atoms with Crippen molar-refractivity contribution in [2.45, 2.75) is 45.7 Å². The van der Waals surface area contributed by atoms with Gasteiger partial charge in [0.1, 0.15) is 0 Å². The fourth-order valence-electron chi connectivity index (χ4n) is 2.23. The maximum atomic E-state index is 12.2. The molecule has 1 aromatic heterocycles. The second kappa shape index (κ2) is 9.03. The van der Waals surface area contributed by atoms with E-state index >= 15 is 0 Å². The van der Waals surface area contributed by atoms with Crippen LogP contribution in [0.2, 0.25) is 0 Å². The number of hydrogen-bond acceptors (Lipinski definition) is 3. The van der Waals surface area contributed by atoms with Crippen LogP contribution in [0.15, 0.2) is 43.0 Å². The second-order valence-electron chi connectivity index (χ2n) is 6.80. The first-order chi connectivity index (χ1) is 12.4. The molecule has 0 spiro atoms. The minimum Gasteiger partial charge on any atom is -0.347 e. The molecule has 0 bridgehead atoms. The van der Waals surface area contributed by atoms with E-state index in [4.69, 9.17) is 0 Å². The summed E-state index contributed by atoms with van der Waals surface area (Å²) in [6, 6.07) is 6.59. The lowest BCUT2D eigenvalue weighted by molar-refractivity contribution is 0.0911. The third-order valence-corrected chi connectivity index (χ3v) is 4.18. The summed E-state index contributed by atoms with van der Waals surface area (Å²) in [6.45, 7) is 7.37. The number of hydrogen-bond donors (Lipinski definition) is 3. The molecule has 7 heteroatoms. The Morgan fingerprint density at radius 3 is 2.54 bits per heavy atom. The molecule has 0 saturated heterocycles. The average molecular weight is 357 g/mol. The minimum absolute atomic E-state index is 0.118. The fourth-order valence-corrected chi connectivity index (χ4v) is 2.23. The molecule has 2 aromatic rings. The summed E-state index contributed by atoms with van der Waals surface area (Å²) in [4.78, 5) is 28.1. The van der Waals surface area contributed by atoms with Gasteiger partial charge in [0.05, 0.1) is 6.33 Å². The van der Waals surface area contributed by atoms with Crippen LogP contribution in [0.25, 0.3) is 0 Å². The Balaban J connectivity index is 1.75. The van der Waals surface area contributed by atoms with Crippen LogP contribution >= 0.6 is 0 Å². The lowest BCUT2D eigenvalue weighted by Gasteiger charge is -2.24. The summed E-state index contributed by atoms with van der Waals surface area (Å²) in [7, 11) is 0. The summed E-state index contributed by atoms with van der Waals surface area (Å²) in [6.07, 6.45) is 7.03. The van der Waals surface area contributed by atoms with Gasteiger partial charge in [-0.1, -0.05) is 6.92 Å². The van der Waals surface area contributed by atoms with E-state index in [1.807, 2.05) is 31.5 Å². The van der Waals surface area contributed by atoms with E-state index in [0.717, 1.165) is 19.4 Å². The molecule has 1 aromatic carbocycles. The van der Waals surface area contributed by atoms with E-state index in [1.165, 1.54) is 0 Å². The van der Waals surface area contributed by atoms with Crippen molar-refractivity contribution in [3.05, 3.63) is 48.5 Å². The molecule has 0 aliphatic rings. The number of nitrogens with one attached hydrogen (secondary N) is 3. The SMILES string of the molecule is CCC(C)(C)NC(=O)c1ccc(NC(=O)NCCCn2ccnc2)cc1. The average Bonchev–Trinajstić information content (AvgIpc) is 3.12. The summed E-state index contributed by atoms with van der Waals surface area (Å²) in [5.41, 5.74) is 0.964. The molecular formula is C19H27N5O2. The van der Waals surface area contributed by atoms with Gasteiger partial charge >= 0.3 is 6.03 Å². The largest absolute Gasteiger partial charge is 0.347 e. The molecule has 0 radical (unpaired) electrons. The molecule has 7 nitrogen and oxygen atoms in total. The van der Waals surface area contributed by atoms with Gasteiger partial charge in [-0.05, 0) is 51.0 Å². The maximum Gasteiger partial charge on any atom is 0.319 e. The van der Waals surface area contributed by atoms with Gasteiger partial charge in [-0.15, -0.1) is 0 Å². The molecular weight excluding hydrogens is 330 g/mol. The van der Waals surface area contributed by atoms with Crippen molar-refractivity contribution in [3.63, 3.8) is 0 Å². The number of benzene rings is 1. The van der Waals surface area contributed by atoms with Crippen LogP contribution in [-0.2, 0) is 6.54 Å². The smallest absolute Gasteiger partial charge is 0.319 e. The van der Waals surface area contributed by atoms with Gasteiger partial charge < -0.3 is 20.5 Å². The number of imidazole rings is 1. The summed E-state index contributed by atoms with van der Waals surface area (Å²) in [5.74, 6) is -0.118. The molecule has 3 N–H and O–H groups in total. The predicted molar refractivity (Wildman–Crippen MR) is 102 cm³/mol. The van der Waals surface area contributed by atoms with Gasteiger partial charge in [0.2, 0.25) is 0 Å².